The van der Waals surface area contributed by atoms with Crippen LogP contribution in [0.2, 0.25) is 0 Å². The molecule has 1 N–H and O–H groups in total. The van der Waals surface area contributed by atoms with Gasteiger partial charge in [0.05, 0.1) is 11.7 Å². The first kappa shape index (κ1) is 33.3. The summed E-state index contributed by atoms with van der Waals surface area (Å²) in [6.45, 7) is 10.1. The van der Waals surface area contributed by atoms with E-state index in [0.29, 0.717) is 10.8 Å². The summed E-state index contributed by atoms with van der Waals surface area (Å²) in [4.78, 5) is 42.1. The quantitative estimate of drug-likeness (QED) is 0.423. The predicted octanol–water partition coefficient (Wildman–Crippen LogP) is 4.90. The number of carbonyl (C=O) groups excluding carboxylic acids is 3. The molecule has 2 aromatic rings. The molecule has 1 atom stereocenters. The van der Waals surface area contributed by atoms with E-state index in [9.17, 15) is 22.8 Å². The molecular formula is C32H41FN4O8S. The molecule has 2 fully saturated rings. The molecule has 2 aliphatic heterocycles. The van der Waals surface area contributed by atoms with Crippen molar-refractivity contribution in [1.82, 2.24) is 9.62 Å². The average Bonchev–Trinajstić information content (AvgIpc) is 3.60. The molecule has 0 spiro atoms. The minimum absolute atomic E-state index is 0.0103. The zero-order valence-corrected chi connectivity index (χ0v) is 27.8. The summed E-state index contributed by atoms with van der Waals surface area (Å²) in [6, 6.07) is 9.60. The molecule has 3 aliphatic rings. The van der Waals surface area contributed by atoms with Gasteiger partial charge in [0.1, 0.15) is 35.8 Å². The lowest BCUT2D eigenvalue weighted by Gasteiger charge is -2.33. The van der Waals surface area contributed by atoms with Gasteiger partial charge in [0.2, 0.25) is 0 Å². The maximum absolute atomic E-state index is 16.8. The number of fused-ring (bicyclic) bond motifs is 1. The van der Waals surface area contributed by atoms with Crippen molar-refractivity contribution < 1.29 is 41.4 Å². The number of nitrogens with one attached hydrogen (secondary N) is 1. The number of amides is 3. The highest BCUT2D eigenvalue weighted by Crippen LogP contribution is 2.46. The van der Waals surface area contributed by atoms with Gasteiger partial charge in [-0.05, 0) is 65.9 Å². The average molecular weight is 661 g/mol. The number of benzene rings is 2. The van der Waals surface area contributed by atoms with E-state index in [1.165, 1.54) is 15.9 Å². The molecule has 3 amide bonds. The third-order valence-electron chi connectivity index (χ3n) is 7.50. The SMILES string of the molecule is CC(C)(C)OC(=O)N(CC1CC1)C[C@H]1Cc2c(cc(OCc3ccccc3)c(N3CC(=O)NS3(=O)=O)c2F)N1C(=O)OC(C)(C)C. The van der Waals surface area contributed by atoms with Crippen LogP contribution in [-0.4, -0.2) is 68.3 Å². The van der Waals surface area contributed by atoms with Crippen LogP contribution in [-0.2, 0) is 37.5 Å². The van der Waals surface area contributed by atoms with Crippen LogP contribution in [0, 0.1) is 11.7 Å². The molecule has 0 aromatic heterocycles. The molecule has 0 bridgehead atoms. The molecule has 1 saturated heterocycles. The highest BCUT2D eigenvalue weighted by molar-refractivity contribution is 7.92. The zero-order valence-electron chi connectivity index (χ0n) is 27.0. The summed E-state index contributed by atoms with van der Waals surface area (Å²) in [5.41, 5.74) is -1.23. The fourth-order valence-electron chi connectivity index (χ4n) is 5.42. The molecule has 12 nitrogen and oxygen atoms in total. The van der Waals surface area contributed by atoms with E-state index in [4.69, 9.17) is 14.2 Å². The maximum Gasteiger partial charge on any atom is 0.415 e. The lowest BCUT2D eigenvalue weighted by atomic mass is 10.1. The number of carbonyl (C=O) groups is 3. The first-order chi connectivity index (χ1) is 21.4. The van der Waals surface area contributed by atoms with Crippen LogP contribution in [0.1, 0.15) is 65.5 Å². The minimum atomic E-state index is -4.42. The predicted molar refractivity (Wildman–Crippen MR) is 168 cm³/mol. The van der Waals surface area contributed by atoms with Crippen LogP contribution in [0.3, 0.4) is 0 Å². The molecule has 14 heteroatoms. The van der Waals surface area contributed by atoms with E-state index < -0.39 is 63.6 Å². The number of nitrogens with zero attached hydrogens (tertiary/aromatic N) is 3. The summed E-state index contributed by atoms with van der Waals surface area (Å²) < 4.78 is 62.5. The number of hydrogen-bond donors (Lipinski definition) is 1. The maximum atomic E-state index is 16.8. The van der Waals surface area contributed by atoms with E-state index in [-0.39, 0.29) is 42.5 Å². The molecule has 2 aromatic carbocycles. The lowest BCUT2D eigenvalue weighted by molar-refractivity contribution is -0.117. The van der Waals surface area contributed by atoms with E-state index in [1.807, 2.05) is 10.8 Å². The standard InChI is InChI=1S/C32H41FN4O8S/c1-31(2,3)44-29(39)35(16-20-12-13-20)17-22-14-23-24(37(22)30(40)45-32(4,5)6)15-25(43-19-21-10-8-7-9-11-21)28(27(23)33)36-18-26(38)34-46(36,41)42/h7-11,15,20,22H,12-14,16-19H2,1-6H3,(H,34,38)/t22-/m1/s1. The van der Waals surface area contributed by atoms with E-state index >= 15 is 4.39 Å². The highest BCUT2D eigenvalue weighted by atomic mass is 32.2. The minimum Gasteiger partial charge on any atom is -0.487 e. The van der Waals surface area contributed by atoms with Gasteiger partial charge in [0, 0.05) is 31.1 Å². The molecule has 46 heavy (non-hydrogen) atoms. The Morgan fingerprint density at radius 3 is 2.24 bits per heavy atom. The smallest absolute Gasteiger partial charge is 0.415 e. The van der Waals surface area contributed by atoms with Gasteiger partial charge in [-0.3, -0.25) is 9.69 Å². The van der Waals surface area contributed by atoms with Gasteiger partial charge in [-0.2, -0.15) is 8.42 Å². The van der Waals surface area contributed by atoms with E-state index in [2.05, 4.69) is 0 Å². The molecule has 5 rings (SSSR count). The lowest BCUT2D eigenvalue weighted by Crippen LogP contribution is -2.49. The first-order valence-electron chi connectivity index (χ1n) is 15.3. The van der Waals surface area contributed by atoms with Crippen LogP contribution in [0.15, 0.2) is 36.4 Å². The Morgan fingerprint density at radius 1 is 1.02 bits per heavy atom. The van der Waals surface area contributed by atoms with Crippen LogP contribution in [0.5, 0.6) is 5.75 Å². The summed E-state index contributed by atoms with van der Waals surface area (Å²) in [6.07, 6.45) is 0.527. The van der Waals surface area contributed by atoms with Crippen LogP contribution >= 0.6 is 0 Å². The third kappa shape index (κ3) is 7.65. The monoisotopic (exact) mass is 660 g/mol. The van der Waals surface area contributed by atoms with Crippen LogP contribution in [0.25, 0.3) is 0 Å². The number of ether oxygens (including phenoxy) is 3. The van der Waals surface area contributed by atoms with Gasteiger partial charge < -0.3 is 19.1 Å². The van der Waals surface area contributed by atoms with Crippen molar-refractivity contribution in [2.24, 2.45) is 5.92 Å². The van der Waals surface area contributed by atoms with Crippen molar-refractivity contribution in [2.45, 2.75) is 84.7 Å². The highest BCUT2D eigenvalue weighted by Gasteiger charge is 2.45. The fourth-order valence-corrected chi connectivity index (χ4v) is 6.58. The molecule has 0 unspecified atom stereocenters. The molecule has 1 saturated carbocycles. The zero-order chi connectivity index (χ0) is 33.6. The summed E-state index contributed by atoms with van der Waals surface area (Å²) in [7, 11) is -4.42. The number of hydrogen-bond acceptors (Lipinski definition) is 8. The van der Waals surface area contributed by atoms with Crippen molar-refractivity contribution in [3.8, 4) is 5.75 Å². The fraction of sp³-hybridized carbons (Fsp3) is 0.531. The second kappa shape index (κ2) is 12.3. The van der Waals surface area contributed by atoms with Crippen LogP contribution in [0.4, 0.5) is 25.4 Å². The Balaban J connectivity index is 1.59. The summed E-state index contributed by atoms with van der Waals surface area (Å²) in [5, 5.41) is 0. The van der Waals surface area contributed by atoms with Gasteiger partial charge >= 0.3 is 22.4 Å². The third-order valence-corrected chi connectivity index (χ3v) is 8.88. The van der Waals surface area contributed by atoms with Crippen molar-refractivity contribution in [1.29, 1.82) is 0 Å². The van der Waals surface area contributed by atoms with Gasteiger partial charge in [-0.1, -0.05) is 30.3 Å². The Hall–Kier alpha value is -4.07. The summed E-state index contributed by atoms with van der Waals surface area (Å²) in [5.74, 6) is -1.67. The van der Waals surface area contributed by atoms with Crippen molar-refractivity contribution in [3.63, 3.8) is 0 Å². The molecule has 2 heterocycles. The molecule has 1 aliphatic carbocycles. The largest absolute Gasteiger partial charge is 0.487 e. The second-order valence-electron chi connectivity index (χ2n) is 13.9. The molecular weight excluding hydrogens is 619 g/mol. The van der Waals surface area contributed by atoms with Gasteiger partial charge in [-0.25, -0.2) is 23.0 Å². The van der Waals surface area contributed by atoms with Gasteiger partial charge in [0.25, 0.3) is 5.91 Å². The Kier molecular flexibility index (Phi) is 8.88. The Bertz CT molecular complexity index is 1620. The topological polar surface area (TPSA) is 135 Å². The van der Waals surface area contributed by atoms with E-state index in [0.717, 1.165) is 18.4 Å². The first-order valence-corrected chi connectivity index (χ1v) is 16.7. The number of rotatable bonds is 8. The normalized spacial score (nSPS) is 19.0. The van der Waals surface area contributed by atoms with Crippen molar-refractivity contribution >= 4 is 39.7 Å². The van der Waals surface area contributed by atoms with Gasteiger partial charge in [0.15, 0.2) is 5.82 Å². The number of halogens is 1. The Labute approximate surface area is 268 Å². The Morgan fingerprint density at radius 2 is 1.67 bits per heavy atom. The van der Waals surface area contributed by atoms with Crippen LogP contribution < -0.4 is 18.7 Å². The van der Waals surface area contributed by atoms with E-state index in [1.54, 1.807) is 65.8 Å². The number of anilines is 2. The molecule has 0 radical (unpaired) electrons. The van der Waals surface area contributed by atoms with Gasteiger partial charge in [-0.15, -0.1) is 0 Å². The molecule has 250 valence electrons. The second-order valence-corrected chi connectivity index (χ2v) is 15.5. The summed E-state index contributed by atoms with van der Waals surface area (Å²) >= 11 is 0. The van der Waals surface area contributed by atoms with Crippen molar-refractivity contribution in [3.05, 3.63) is 53.3 Å². The van der Waals surface area contributed by atoms with Crippen molar-refractivity contribution in [2.75, 3.05) is 28.8 Å².